The number of hydrogen-bond acceptors (Lipinski definition) is 3. The number of hydrogen-bond donors (Lipinski definition) is 1. The fraction of sp³-hybridized carbons (Fsp3) is 0.227. The van der Waals surface area contributed by atoms with E-state index in [-0.39, 0.29) is 30.5 Å². The van der Waals surface area contributed by atoms with Crippen molar-refractivity contribution in [3.8, 4) is 0 Å². The molecule has 28 heavy (non-hydrogen) atoms. The highest BCUT2D eigenvalue weighted by atomic mass is 16.2. The summed E-state index contributed by atoms with van der Waals surface area (Å²) in [6.45, 7) is 0.443. The second kappa shape index (κ2) is 7.68. The summed E-state index contributed by atoms with van der Waals surface area (Å²) in [7, 11) is 0. The summed E-state index contributed by atoms with van der Waals surface area (Å²) in [5.41, 5.74) is 1.85. The van der Waals surface area contributed by atoms with Crippen LogP contribution in [0.3, 0.4) is 0 Å². The average molecular weight is 375 g/mol. The largest absolute Gasteiger partial charge is 0.345 e. The number of pyridine rings is 1. The normalized spacial score (nSPS) is 13.2. The van der Waals surface area contributed by atoms with Crippen molar-refractivity contribution in [1.29, 1.82) is 0 Å². The van der Waals surface area contributed by atoms with E-state index >= 15 is 0 Å². The first-order valence-corrected chi connectivity index (χ1v) is 9.36. The summed E-state index contributed by atoms with van der Waals surface area (Å²) in [6, 6.07) is 16.9. The first-order valence-electron chi connectivity index (χ1n) is 9.36. The topological polar surface area (TPSA) is 71.4 Å². The van der Waals surface area contributed by atoms with E-state index in [0.29, 0.717) is 11.9 Å². The number of aromatic nitrogens is 1. The van der Waals surface area contributed by atoms with Crippen LogP contribution in [0, 0.1) is 0 Å². The molecular formula is C22H21N3O3. The van der Waals surface area contributed by atoms with E-state index in [1.807, 2.05) is 36.4 Å². The first kappa shape index (κ1) is 18.0. The minimum atomic E-state index is -0.365. The molecule has 2 heterocycles. The molecule has 0 saturated carbocycles. The maximum Gasteiger partial charge on any atom is 0.258 e. The van der Waals surface area contributed by atoms with Gasteiger partial charge in [0, 0.05) is 23.8 Å². The number of amides is 2. The molecule has 2 aromatic carbocycles. The number of nitrogens with zero attached hydrogens (tertiary/aromatic N) is 2. The number of carbonyl (C=O) groups is 2. The molecule has 6 nitrogen and oxygen atoms in total. The van der Waals surface area contributed by atoms with E-state index in [4.69, 9.17) is 0 Å². The molecule has 0 aliphatic carbocycles. The molecular weight excluding hydrogens is 354 g/mol. The van der Waals surface area contributed by atoms with Crippen molar-refractivity contribution in [2.75, 3.05) is 18.0 Å². The van der Waals surface area contributed by atoms with Crippen molar-refractivity contribution in [3.63, 3.8) is 0 Å². The minimum absolute atomic E-state index is 0.0878. The van der Waals surface area contributed by atoms with Crippen LogP contribution in [0.15, 0.2) is 65.6 Å². The quantitative estimate of drug-likeness (QED) is 0.759. The summed E-state index contributed by atoms with van der Waals surface area (Å²) in [5, 5.41) is 4.05. The lowest BCUT2D eigenvalue weighted by molar-refractivity contribution is -0.125. The Morgan fingerprint density at radius 3 is 2.68 bits per heavy atom. The van der Waals surface area contributed by atoms with Gasteiger partial charge in [-0.25, -0.2) is 0 Å². The number of benzene rings is 2. The van der Waals surface area contributed by atoms with Gasteiger partial charge in [-0.1, -0.05) is 36.4 Å². The summed E-state index contributed by atoms with van der Waals surface area (Å²) in [4.78, 5) is 39.1. The van der Waals surface area contributed by atoms with Crippen molar-refractivity contribution in [3.05, 3.63) is 76.7 Å². The third-order valence-electron chi connectivity index (χ3n) is 5.05. The lowest BCUT2D eigenvalue weighted by Gasteiger charge is -2.29. The smallest absolute Gasteiger partial charge is 0.258 e. The minimum Gasteiger partial charge on any atom is -0.345 e. The molecule has 1 aliphatic rings. The van der Waals surface area contributed by atoms with Crippen molar-refractivity contribution in [2.24, 2.45) is 0 Å². The van der Waals surface area contributed by atoms with Gasteiger partial charge in [0.1, 0.15) is 6.54 Å². The number of aryl methyl sites for hydroxylation is 1. The highest BCUT2D eigenvalue weighted by Crippen LogP contribution is 2.26. The Morgan fingerprint density at radius 2 is 1.79 bits per heavy atom. The van der Waals surface area contributed by atoms with Gasteiger partial charge in [-0.2, -0.15) is 0 Å². The van der Waals surface area contributed by atoms with Crippen LogP contribution in [0.2, 0.25) is 0 Å². The highest BCUT2D eigenvalue weighted by Gasteiger charge is 2.22. The van der Waals surface area contributed by atoms with Gasteiger partial charge in [0.2, 0.25) is 11.8 Å². The van der Waals surface area contributed by atoms with Crippen LogP contribution >= 0.6 is 0 Å². The van der Waals surface area contributed by atoms with Gasteiger partial charge in [-0.05, 0) is 42.0 Å². The van der Waals surface area contributed by atoms with Gasteiger partial charge in [-0.3, -0.25) is 14.4 Å². The van der Waals surface area contributed by atoms with Crippen LogP contribution in [0.1, 0.15) is 12.0 Å². The van der Waals surface area contributed by atoms with Crippen LogP contribution < -0.4 is 15.8 Å². The zero-order valence-corrected chi connectivity index (χ0v) is 15.4. The molecule has 6 heteroatoms. The SMILES string of the molecule is O=C(Cn1ccc2ccccc2c1=O)NCC(=O)N1CCCc2ccccc21. The number of fused-ring (bicyclic) bond motifs is 2. The van der Waals surface area contributed by atoms with E-state index in [2.05, 4.69) is 5.32 Å². The summed E-state index contributed by atoms with van der Waals surface area (Å²) >= 11 is 0. The molecule has 1 aromatic heterocycles. The fourth-order valence-corrected chi connectivity index (χ4v) is 3.63. The van der Waals surface area contributed by atoms with Gasteiger partial charge in [0.05, 0.1) is 6.54 Å². The van der Waals surface area contributed by atoms with Crippen molar-refractivity contribution >= 4 is 28.3 Å². The Labute approximate surface area is 162 Å². The highest BCUT2D eigenvalue weighted by molar-refractivity contribution is 5.97. The molecule has 3 aromatic rings. The zero-order valence-electron chi connectivity index (χ0n) is 15.4. The van der Waals surface area contributed by atoms with Crippen LogP contribution in [-0.4, -0.2) is 29.5 Å². The van der Waals surface area contributed by atoms with Gasteiger partial charge in [-0.15, -0.1) is 0 Å². The monoisotopic (exact) mass is 375 g/mol. The van der Waals surface area contributed by atoms with Crippen LogP contribution in [0.25, 0.3) is 10.8 Å². The third-order valence-corrected chi connectivity index (χ3v) is 5.05. The Hall–Kier alpha value is -3.41. The number of para-hydroxylation sites is 1. The summed E-state index contributed by atoms with van der Waals surface area (Å²) in [5.74, 6) is -0.512. The fourth-order valence-electron chi connectivity index (χ4n) is 3.63. The predicted molar refractivity (Wildman–Crippen MR) is 108 cm³/mol. The van der Waals surface area contributed by atoms with Crippen molar-refractivity contribution < 1.29 is 9.59 Å². The summed E-state index contributed by atoms with van der Waals surface area (Å²) < 4.78 is 1.36. The Bertz CT molecular complexity index is 1100. The second-order valence-corrected chi connectivity index (χ2v) is 6.89. The second-order valence-electron chi connectivity index (χ2n) is 6.89. The van der Waals surface area contributed by atoms with E-state index in [1.165, 1.54) is 4.57 Å². The number of rotatable bonds is 4. The first-order chi connectivity index (χ1) is 13.6. The molecule has 4 rings (SSSR count). The van der Waals surface area contributed by atoms with Crippen molar-refractivity contribution in [2.45, 2.75) is 19.4 Å². The van der Waals surface area contributed by atoms with Gasteiger partial charge in [0.25, 0.3) is 5.56 Å². The molecule has 0 saturated heterocycles. The number of anilines is 1. The molecule has 1 aliphatic heterocycles. The molecule has 2 amide bonds. The molecule has 0 unspecified atom stereocenters. The van der Waals surface area contributed by atoms with Crippen LogP contribution in [0.4, 0.5) is 5.69 Å². The molecule has 0 bridgehead atoms. The Morgan fingerprint density at radius 1 is 1.00 bits per heavy atom. The third kappa shape index (κ3) is 3.53. The van der Waals surface area contributed by atoms with Gasteiger partial charge in [0.15, 0.2) is 0 Å². The predicted octanol–water partition coefficient (Wildman–Crippen LogP) is 2.10. The maximum absolute atomic E-state index is 12.6. The number of nitrogens with one attached hydrogen (secondary N) is 1. The summed E-state index contributed by atoms with van der Waals surface area (Å²) in [6.07, 6.45) is 3.47. The van der Waals surface area contributed by atoms with E-state index in [1.54, 1.807) is 29.3 Å². The molecule has 0 radical (unpaired) electrons. The van der Waals surface area contributed by atoms with Crippen molar-refractivity contribution in [1.82, 2.24) is 9.88 Å². The molecule has 0 atom stereocenters. The van der Waals surface area contributed by atoms with Crippen LogP contribution in [0.5, 0.6) is 0 Å². The van der Waals surface area contributed by atoms with Crippen LogP contribution in [-0.2, 0) is 22.6 Å². The molecule has 0 fully saturated rings. The molecule has 0 spiro atoms. The lowest BCUT2D eigenvalue weighted by Crippen LogP contribution is -2.43. The van der Waals surface area contributed by atoms with Gasteiger partial charge < -0.3 is 14.8 Å². The average Bonchev–Trinajstić information content (AvgIpc) is 2.74. The Kier molecular flexibility index (Phi) is 4.93. The molecule has 1 N–H and O–H groups in total. The van der Waals surface area contributed by atoms with E-state index in [0.717, 1.165) is 29.5 Å². The van der Waals surface area contributed by atoms with Gasteiger partial charge >= 0.3 is 0 Å². The standard InChI is InChI=1S/C22H21N3O3/c26-20(15-24-13-11-16-6-1-3-9-18(16)22(24)28)23-14-21(27)25-12-5-8-17-7-2-4-10-19(17)25/h1-4,6-7,9-11,13H,5,8,12,14-15H2,(H,23,26). The zero-order chi connectivity index (χ0) is 19.5. The van der Waals surface area contributed by atoms with E-state index < -0.39 is 0 Å². The number of carbonyl (C=O) groups excluding carboxylic acids is 2. The Balaban J connectivity index is 1.41. The lowest BCUT2D eigenvalue weighted by atomic mass is 10.0. The molecule has 142 valence electrons. The van der Waals surface area contributed by atoms with E-state index in [9.17, 15) is 14.4 Å². The maximum atomic E-state index is 12.6.